The van der Waals surface area contributed by atoms with Gasteiger partial charge in [0.1, 0.15) is 24.4 Å². The van der Waals surface area contributed by atoms with Crippen LogP contribution < -0.4 is 21.3 Å². The van der Waals surface area contributed by atoms with Crippen molar-refractivity contribution in [3.63, 3.8) is 0 Å². The van der Waals surface area contributed by atoms with Gasteiger partial charge in [0, 0.05) is 25.2 Å². The number of aldehydes is 1. The van der Waals surface area contributed by atoms with E-state index in [9.17, 15) is 29.1 Å². The van der Waals surface area contributed by atoms with Crippen molar-refractivity contribution in [3.8, 4) is 0 Å². The van der Waals surface area contributed by atoms with Crippen molar-refractivity contribution in [2.75, 3.05) is 6.61 Å². The van der Waals surface area contributed by atoms with Crippen LogP contribution in [-0.4, -0.2) is 75.8 Å². The lowest BCUT2D eigenvalue weighted by molar-refractivity contribution is -0.134. The topological polar surface area (TPSA) is 182 Å². The van der Waals surface area contributed by atoms with E-state index in [1.807, 2.05) is 0 Å². The number of rotatable bonds is 12. The Morgan fingerprint density at radius 2 is 1.79 bits per heavy atom. The molecule has 0 spiro atoms. The number of aliphatic hydroxyl groups excluding tert-OH is 1. The van der Waals surface area contributed by atoms with Crippen molar-refractivity contribution in [1.82, 2.24) is 31.2 Å². The Morgan fingerprint density at radius 1 is 1.09 bits per heavy atom. The number of nitrogens with zero attached hydrogens (tertiary/aromatic N) is 1. The van der Waals surface area contributed by atoms with Crippen LogP contribution in [0.15, 0.2) is 12.5 Å². The first kappa shape index (κ1) is 27.0. The fourth-order valence-corrected chi connectivity index (χ4v) is 4.00. The van der Waals surface area contributed by atoms with Crippen molar-refractivity contribution in [3.05, 3.63) is 18.2 Å². The predicted molar refractivity (Wildman–Crippen MR) is 121 cm³/mol. The molecule has 6 N–H and O–H groups in total. The van der Waals surface area contributed by atoms with Crippen LogP contribution in [0, 0.1) is 5.92 Å². The Morgan fingerprint density at radius 3 is 2.35 bits per heavy atom. The van der Waals surface area contributed by atoms with Gasteiger partial charge in [-0.05, 0) is 25.7 Å². The van der Waals surface area contributed by atoms with Gasteiger partial charge < -0.3 is 36.2 Å². The van der Waals surface area contributed by atoms with Crippen molar-refractivity contribution in [1.29, 1.82) is 0 Å². The van der Waals surface area contributed by atoms with Crippen LogP contribution in [-0.2, 0) is 30.4 Å². The molecule has 34 heavy (non-hydrogen) atoms. The van der Waals surface area contributed by atoms with Gasteiger partial charge in [0.15, 0.2) is 0 Å². The average molecular weight is 479 g/mol. The van der Waals surface area contributed by atoms with E-state index in [1.165, 1.54) is 20.2 Å². The van der Waals surface area contributed by atoms with Gasteiger partial charge in [-0.2, -0.15) is 0 Å². The molecule has 1 aromatic rings. The molecule has 1 aliphatic carbocycles. The Hall–Kier alpha value is -3.28. The molecule has 0 radical (unpaired) electrons. The highest BCUT2D eigenvalue weighted by molar-refractivity contribution is 5.94. The summed E-state index contributed by atoms with van der Waals surface area (Å²) < 4.78 is 0. The Labute approximate surface area is 198 Å². The maximum Gasteiger partial charge on any atom is 0.245 e. The number of nitrogens with one attached hydrogen (secondary N) is 5. The highest BCUT2D eigenvalue weighted by atomic mass is 16.3. The monoisotopic (exact) mass is 478 g/mol. The molecule has 0 aromatic carbocycles. The normalized spacial score (nSPS) is 17.5. The minimum atomic E-state index is -1.19. The highest BCUT2D eigenvalue weighted by Crippen LogP contribution is 2.27. The second kappa shape index (κ2) is 13.4. The lowest BCUT2D eigenvalue weighted by atomic mass is 9.83. The van der Waals surface area contributed by atoms with Gasteiger partial charge in [-0.15, -0.1) is 0 Å². The van der Waals surface area contributed by atoms with Gasteiger partial charge in [0.05, 0.1) is 19.0 Å². The minimum Gasteiger partial charge on any atom is -0.394 e. The van der Waals surface area contributed by atoms with Gasteiger partial charge in [-0.25, -0.2) is 4.98 Å². The molecular weight excluding hydrogens is 444 g/mol. The third kappa shape index (κ3) is 8.25. The molecule has 4 atom stereocenters. The number of aromatic nitrogens is 2. The van der Waals surface area contributed by atoms with Crippen LogP contribution in [0.3, 0.4) is 0 Å². The quantitative estimate of drug-likeness (QED) is 0.202. The summed E-state index contributed by atoms with van der Waals surface area (Å²) in [5, 5.41) is 19.5. The molecule has 0 unspecified atom stereocenters. The second-order valence-corrected chi connectivity index (χ2v) is 8.58. The predicted octanol–water partition coefficient (Wildman–Crippen LogP) is -1.30. The van der Waals surface area contributed by atoms with E-state index >= 15 is 0 Å². The molecule has 1 fully saturated rings. The van der Waals surface area contributed by atoms with E-state index in [2.05, 4.69) is 31.2 Å². The number of aliphatic hydroxyl groups is 1. The lowest BCUT2D eigenvalue weighted by Crippen LogP contribution is -2.59. The van der Waals surface area contributed by atoms with Crippen molar-refractivity contribution >= 4 is 29.9 Å². The molecule has 4 amide bonds. The Balaban J connectivity index is 2.05. The van der Waals surface area contributed by atoms with E-state index in [1.54, 1.807) is 6.20 Å². The van der Waals surface area contributed by atoms with Gasteiger partial charge in [-0.1, -0.05) is 19.3 Å². The average Bonchev–Trinajstić information content (AvgIpc) is 3.33. The summed E-state index contributed by atoms with van der Waals surface area (Å²) in [5.74, 6) is -2.39. The van der Waals surface area contributed by atoms with E-state index in [0.29, 0.717) is 12.0 Å². The number of carbonyl (C=O) groups excluding carboxylic acids is 5. The van der Waals surface area contributed by atoms with Crippen LogP contribution in [0.4, 0.5) is 0 Å². The SMILES string of the molecule is CC(=O)N[C@@H](CO)C(=O)N[C@@H](C)C(=O)N[C@H](C(=O)N[C@H](C=O)Cc1cnc[nH]1)C1CCCCC1. The molecule has 0 aliphatic heterocycles. The van der Waals surface area contributed by atoms with E-state index < -0.39 is 54.4 Å². The fraction of sp³-hybridized carbons (Fsp3) is 0.636. The zero-order valence-corrected chi connectivity index (χ0v) is 19.5. The third-order valence-electron chi connectivity index (χ3n) is 5.82. The summed E-state index contributed by atoms with van der Waals surface area (Å²) in [4.78, 5) is 67.8. The summed E-state index contributed by atoms with van der Waals surface area (Å²) in [7, 11) is 0. The highest BCUT2D eigenvalue weighted by Gasteiger charge is 2.33. The summed E-state index contributed by atoms with van der Waals surface area (Å²) in [5.41, 5.74) is 0.685. The lowest BCUT2D eigenvalue weighted by Gasteiger charge is -2.31. The molecule has 1 aliphatic rings. The number of H-pyrrole nitrogens is 1. The van der Waals surface area contributed by atoms with Crippen molar-refractivity contribution in [2.24, 2.45) is 5.92 Å². The van der Waals surface area contributed by atoms with Gasteiger partial charge >= 0.3 is 0 Å². The van der Waals surface area contributed by atoms with Gasteiger partial charge in [-0.3, -0.25) is 19.2 Å². The molecule has 2 rings (SSSR count). The minimum absolute atomic E-state index is 0.107. The number of hydrogen-bond donors (Lipinski definition) is 6. The first-order chi connectivity index (χ1) is 16.2. The maximum atomic E-state index is 13.1. The third-order valence-corrected chi connectivity index (χ3v) is 5.82. The number of imidazole rings is 1. The van der Waals surface area contributed by atoms with Crippen LogP contribution in [0.2, 0.25) is 0 Å². The van der Waals surface area contributed by atoms with Gasteiger partial charge in [0.2, 0.25) is 23.6 Å². The Kier molecular flexibility index (Phi) is 10.7. The molecule has 188 valence electrons. The van der Waals surface area contributed by atoms with E-state index in [0.717, 1.165) is 32.1 Å². The van der Waals surface area contributed by atoms with E-state index in [4.69, 9.17) is 0 Å². The van der Waals surface area contributed by atoms with Crippen molar-refractivity contribution < 1.29 is 29.1 Å². The smallest absolute Gasteiger partial charge is 0.245 e. The molecule has 0 saturated heterocycles. The molecule has 0 bridgehead atoms. The zero-order valence-electron chi connectivity index (χ0n) is 19.5. The summed E-state index contributed by atoms with van der Waals surface area (Å²) >= 11 is 0. The fourth-order valence-electron chi connectivity index (χ4n) is 4.00. The van der Waals surface area contributed by atoms with E-state index in [-0.39, 0.29) is 12.3 Å². The first-order valence-electron chi connectivity index (χ1n) is 11.5. The summed E-state index contributed by atoms with van der Waals surface area (Å²) in [6, 6.07) is -3.89. The molecule has 1 aromatic heterocycles. The van der Waals surface area contributed by atoms with Crippen LogP contribution in [0.5, 0.6) is 0 Å². The number of hydrogen-bond acceptors (Lipinski definition) is 7. The zero-order chi connectivity index (χ0) is 25.1. The first-order valence-corrected chi connectivity index (χ1v) is 11.5. The number of aromatic amines is 1. The molecule has 1 saturated carbocycles. The number of amides is 4. The second-order valence-electron chi connectivity index (χ2n) is 8.58. The van der Waals surface area contributed by atoms with Crippen LogP contribution in [0.25, 0.3) is 0 Å². The number of carbonyl (C=O) groups is 5. The molecular formula is C22H34N6O6. The standard InChI is InChI=1S/C22H34N6O6/c1-13(25-21(33)18(11-30)26-14(2)31)20(32)28-19(15-6-4-3-5-7-15)22(34)27-17(10-29)8-16-9-23-12-24-16/h9-10,12-13,15,17-19,30H,3-8,11H2,1-2H3,(H,23,24)(H,25,33)(H,26,31)(H,27,34)(H,28,32)/t13-,17-,18-,19-/m0/s1. The van der Waals surface area contributed by atoms with Crippen LogP contribution >= 0.6 is 0 Å². The largest absolute Gasteiger partial charge is 0.394 e. The molecule has 12 heteroatoms. The van der Waals surface area contributed by atoms with Crippen molar-refractivity contribution in [2.45, 2.75) is 76.5 Å². The molecule has 12 nitrogen and oxygen atoms in total. The maximum absolute atomic E-state index is 13.1. The summed E-state index contributed by atoms with van der Waals surface area (Å²) in [6.45, 7) is 2.02. The van der Waals surface area contributed by atoms with Gasteiger partial charge in [0.25, 0.3) is 0 Å². The Bertz CT molecular complexity index is 839. The molecule has 1 heterocycles. The summed E-state index contributed by atoms with van der Waals surface area (Å²) in [6.07, 6.45) is 8.32. The van der Waals surface area contributed by atoms with Crippen LogP contribution in [0.1, 0.15) is 51.6 Å².